The van der Waals surface area contributed by atoms with Crippen LogP contribution in [0, 0.1) is 11.3 Å². The maximum atomic E-state index is 13.1. The number of ether oxygens (including phenoxy) is 1. The van der Waals surface area contributed by atoms with Crippen LogP contribution in [0.3, 0.4) is 0 Å². The normalized spacial score (nSPS) is 17.1. The number of thioether (sulfide) groups is 1. The fraction of sp³-hybridized carbons (Fsp3) is 0.231. The van der Waals surface area contributed by atoms with Crippen LogP contribution in [0.4, 0.5) is 10.8 Å². The summed E-state index contributed by atoms with van der Waals surface area (Å²) in [6, 6.07) is 12.4. The number of hydrogen-bond acceptors (Lipinski definition) is 12. The monoisotopic (exact) mass is 578 g/mol. The SMILES string of the molecule is COC(=O)c1ccc(NC(=O)CSc2nnc(N3C(N)=C(C#N)C(c4cccs4)C4=C3CCCC4=O)s2)cc1. The average molecular weight is 579 g/mol. The van der Waals surface area contributed by atoms with E-state index >= 15 is 0 Å². The van der Waals surface area contributed by atoms with Crippen molar-refractivity contribution in [2.75, 3.05) is 23.1 Å². The molecule has 3 aromatic rings. The predicted molar refractivity (Wildman–Crippen MR) is 149 cm³/mol. The van der Waals surface area contributed by atoms with E-state index in [2.05, 4.69) is 26.3 Å². The van der Waals surface area contributed by atoms with Gasteiger partial charge in [0.25, 0.3) is 0 Å². The third-order valence-electron chi connectivity index (χ3n) is 6.24. The number of esters is 1. The molecule has 1 amide bonds. The molecule has 3 N–H and O–H groups in total. The standard InChI is InChI=1S/C26H22N6O4S3/c1-36-24(35)14-7-9-15(10-8-14)29-20(34)13-38-26-31-30-25(39-26)32-17-4-2-5-18(33)22(17)21(16(12-27)23(32)28)19-6-3-11-37-19/h3,6-11,21H,2,4-5,13,28H2,1H3,(H,29,34). The molecule has 0 saturated carbocycles. The number of nitrogens with two attached hydrogens (primary N) is 1. The van der Waals surface area contributed by atoms with E-state index in [0.29, 0.717) is 51.1 Å². The maximum absolute atomic E-state index is 13.1. The first-order valence-corrected chi connectivity index (χ1v) is 14.5. The molecule has 2 aromatic heterocycles. The number of ketones is 1. The van der Waals surface area contributed by atoms with E-state index in [0.717, 1.165) is 10.6 Å². The number of allylic oxidation sites excluding steroid dienone is 3. The third kappa shape index (κ3) is 5.31. The van der Waals surface area contributed by atoms with E-state index in [-0.39, 0.29) is 23.3 Å². The summed E-state index contributed by atoms with van der Waals surface area (Å²) in [6.07, 6.45) is 1.73. The van der Waals surface area contributed by atoms with E-state index in [9.17, 15) is 19.6 Å². The summed E-state index contributed by atoms with van der Waals surface area (Å²) in [5, 5.41) is 23.7. The lowest BCUT2D eigenvalue weighted by Crippen LogP contribution is -2.38. The van der Waals surface area contributed by atoms with Crippen molar-refractivity contribution in [3.63, 3.8) is 0 Å². The minimum Gasteiger partial charge on any atom is -0.465 e. The molecule has 0 bridgehead atoms. The number of thiophene rings is 1. The molecular formula is C26H22N6O4S3. The summed E-state index contributed by atoms with van der Waals surface area (Å²) in [7, 11) is 1.30. The number of aromatic nitrogens is 2. The van der Waals surface area contributed by atoms with Crippen molar-refractivity contribution in [2.45, 2.75) is 29.5 Å². The Balaban J connectivity index is 1.33. The number of nitrogens with one attached hydrogen (secondary N) is 1. The Bertz CT molecular complexity index is 1540. The summed E-state index contributed by atoms with van der Waals surface area (Å²) >= 11 is 3.93. The van der Waals surface area contributed by atoms with Crippen LogP contribution >= 0.6 is 34.4 Å². The Hall–Kier alpha value is -3.99. The van der Waals surface area contributed by atoms with Gasteiger partial charge in [0.1, 0.15) is 5.82 Å². The van der Waals surface area contributed by atoms with Gasteiger partial charge in [0.05, 0.1) is 36.0 Å². The van der Waals surface area contributed by atoms with Crippen molar-refractivity contribution in [3.05, 3.63) is 74.9 Å². The first kappa shape index (κ1) is 26.6. The van der Waals surface area contributed by atoms with Crippen molar-refractivity contribution in [2.24, 2.45) is 5.73 Å². The second kappa shape index (κ2) is 11.4. The summed E-state index contributed by atoms with van der Waals surface area (Å²) in [5.41, 5.74) is 9.14. The first-order chi connectivity index (χ1) is 18.9. The molecule has 3 heterocycles. The number of anilines is 2. The van der Waals surface area contributed by atoms with E-state index in [1.807, 2.05) is 17.5 Å². The molecule has 39 heavy (non-hydrogen) atoms. The van der Waals surface area contributed by atoms with Gasteiger partial charge >= 0.3 is 5.97 Å². The molecule has 10 nitrogen and oxygen atoms in total. The van der Waals surface area contributed by atoms with Crippen LogP contribution in [0.15, 0.2) is 68.8 Å². The quantitative estimate of drug-likeness (QED) is 0.304. The zero-order chi connectivity index (χ0) is 27.5. The molecule has 0 fully saturated rings. The van der Waals surface area contributed by atoms with Crippen LogP contribution in [-0.4, -0.2) is 40.7 Å². The Kier molecular flexibility index (Phi) is 7.78. The van der Waals surface area contributed by atoms with Crippen LogP contribution in [0.1, 0.15) is 40.4 Å². The highest BCUT2D eigenvalue weighted by Crippen LogP contribution is 2.47. The third-order valence-corrected chi connectivity index (χ3v) is 9.22. The number of carbonyl (C=O) groups excluding carboxylic acids is 3. The number of hydrogen-bond donors (Lipinski definition) is 2. The molecule has 0 saturated heterocycles. The minimum absolute atomic E-state index is 0.00954. The van der Waals surface area contributed by atoms with E-state index in [1.165, 1.54) is 41.5 Å². The van der Waals surface area contributed by atoms with Gasteiger partial charge in [0, 0.05) is 28.3 Å². The molecule has 0 spiro atoms. The molecule has 1 aliphatic heterocycles. The molecular weight excluding hydrogens is 557 g/mol. The van der Waals surface area contributed by atoms with Crippen molar-refractivity contribution < 1.29 is 19.1 Å². The number of carbonyl (C=O) groups is 3. The minimum atomic E-state index is -0.485. The highest BCUT2D eigenvalue weighted by Gasteiger charge is 2.41. The molecule has 1 unspecified atom stereocenters. The Morgan fingerprint density at radius 2 is 2.05 bits per heavy atom. The largest absolute Gasteiger partial charge is 0.465 e. The van der Waals surface area contributed by atoms with Crippen molar-refractivity contribution >= 4 is 62.9 Å². The van der Waals surface area contributed by atoms with Crippen LogP contribution < -0.4 is 16.0 Å². The highest BCUT2D eigenvalue weighted by molar-refractivity contribution is 8.01. The second-order valence-corrected chi connectivity index (χ2v) is 11.7. The number of benzene rings is 1. The molecule has 1 aromatic carbocycles. The van der Waals surface area contributed by atoms with E-state index in [1.54, 1.807) is 29.2 Å². The second-order valence-electron chi connectivity index (χ2n) is 8.59. The summed E-state index contributed by atoms with van der Waals surface area (Å²) in [4.78, 5) is 39.8. The lowest BCUT2D eigenvalue weighted by atomic mass is 9.78. The zero-order valence-corrected chi connectivity index (χ0v) is 23.1. The first-order valence-electron chi connectivity index (χ1n) is 11.8. The number of methoxy groups -OCH3 is 1. The fourth-order valence-electron chi connectivity index (χ4n) is 4.53. The molecule has 1 atom stereocenters. The van der Waals surface area contributed by atoms with Crippen molar-refractivity contribution in [1.82, 2.24) is 10.2 Å². The van der Waals surface area contributed by atoms with Crippen LogP contribution in [-0.2, 0) is 14.3 Å². The Morgan fingerprint density at radius 1 is 1.26 bits per heavy atom. The van der Waals surface area contributed by atoms with Gasteiger partial charge in [-0.1, -0.05) is 29.2 Å². The highest BCUT2D eigenvalue weighted by atomic mass is 32.2. The molecule has 5 rings (SSSR count). The number of nitrogens with zero attached hydrogens (tertiary/aromatic N) is 4. The average Bonchev–Trinajstić information content (AvgIpc) is 3.64. The number of rotatable bonds is 7. The summed E-state index contributed by atoms with van der Waals surface area (Å²) in [6.45, 7) is 0. The van der Waals surface area contributed by atoms with E-state index in [4.69, 9.17) is 5.73 Å². The molecule has 0 radical (unpaired) electrons. The zero-order valence-electron chi connectivity index (χ0n) is 20.7. The van der Waals surface area contributed by atoms with Crippen molar-refractivity contribution in [3.8, 4) is 6.07 Å². The fourth-order valence-corrected chi connectivity index (χ4v) is 7.05. The van der Waals surface area contributed by atoms with Gasteiger partial charge in [0.2, 0.25) is 11.0 Å². The molecule has 198 valence electrons. The van der Waals surface area contributed by atoms with Crippen molar-refractivity contribution in [1.29, 1.82) is 5.26 Å². The maximum Gasteiger partial charge on any atom is 0.337 e. The van der Waals surface area contributed by atoms with Crippen LogP contribution in [0.25, 0.3) is 0 Å². The smallest absolute Gasteiger partial charge is 0.337 e. The van der Waals surface area contributed by atoms with Crippen LogP contribution in [0.5, 0.6) is 0 Å². The van der Waals surface area contributed by atoms with Gasteiger partial charge in [-0.15, -0.1) is 21.5 Å². The van der Waals surface area contributed by atoms with Gasteiger partial charge < -0.3 is 15.8 Å². The lowest BCUT2D eigenvalue weighted by molar-refractivity contribution is -0.116. The van der Waals surface area contributed by atoms with Gasteiger partial charge in [-0.2, -0.15) is 5.26 Å². The topological polar surface area (TPSA) is 151 Å². The Labute approximate surface area is 236 Å². The Morgan fingerprint density at radius 3 is 2.74 bits per heavy atom. The summed E-state index contributed by atoms with van der Waals surface area (Å²) in [5.74, 6) is -0.867. The van der Waals surface area contributed by atoms with Gasteiger partial charge in [0.15, 0.2) is 10.1 Å². The van der Waals surface area contributed by atoms with Gasteiger partial charge in [-0.25, -0.2) is 4.79 Å². The lowest BCUT2D eigenvalue weighted by Gasteiger charge is -2.37. The predicted octanol–water partition coefficient (Wildman–Crippen LogP) is 4.42. The summed E-state index contributed by atoms with van der Waals surface area (Å²) < 4.78 is 5.21. The van der Waals surface area contributed by atoms with Crippen LogP contribution in [0.2, 0.25) is 0 Å². The molecule has 1 aliphatic carbocycles. The van der Waals surface area contributed by atoms with Gasteiger partial charge in [-0.3, -0.25) is 14.5 Å². The number of amides is 1. The number of nitriles is 1. The molecule has 13 heteroatoms. The molecule has 2 aliphatic rings. The number of Topliss-reactive ketones (excluding diaryl/α,β-unsaturated/α-hetero) is 1. The van der Waals surface area contributed by atoms with Gasteiger partial charge in [-0.05, 0) is 48.6 Å². The van der Waals surface area contributed by atoms with E-state index < -0.39 is 11.9 Å².